The van der Waals surface area contributed by atoms with Crippen molar-refractivity contribution in [2.45, 2.75) is 13.3 Å². The average molecular weight is 348 g/mol. The highest BCUT2D eigenvalue weighted by atomic mass is 35.5. The molecule has 0 fully saturated rings. The van der Waals surface area contributed by atoms with Crippen molar-refractivity contribution >= 4 is 35.3 Å². The molecule has 2 N–H and O–H groups in total. The Bertz CT molecular complexity index is 756. The lowest BCUT2D eigenvalue weighted by atomic mass is 10.1. The van der Waals surface area contributed by atoms with Gasteiger partial charge >= 0.3 is 11.8 Å². The van der Waals surface area contributed by atoms with Crippen LogP contribution >= 0.6 is 11.6 Å². The van der Waals surface area contributed by atoms with Gasteiger partial charge in [-0.05, 0) is 36.2 Å². The smallest absolute Gasteiger partial charge is 0.318 e. The van der Waals surface area contributed by atoms with Gasteiger partial charge < -0.3 is 5.32 Å². The molecule has 0 aliphatic rings. The minimum absolute atomic E-state index is 0.0232. The molecule has 0 saturated heterocycles. The molecule has 0 spiro atoms. The lowest BCUT2D eigenvalue weighted by molar-refractivity contribution is -0.136. The zero-order valence-electron chi connectivity index (χ0n) is 12.8. The average Bonchev–Trinajstić information content (AvgIpc) is 2.58. The van der Waals surface area contributed by atoms with Crippen LogP contribution in [0.1, 0.15) is 18.1 Å². The number of carbonyl (C=O) groups excluding carboxylic acids is 2. The number of nitrogens with one attached hydrogen (secondary N) is 2. The summed E-state index contributed by atoms with van der Waals surface area (Å²) in [6.45, 7) is 2.01. The summed E-state index contributed by atoms with van der Waals surface area (Å²) in [5.41, 5.74) is 3.65. The number of benzene rings is 2. The van der Waals surface area contributed by atoms with Gasteiger partial charge in [0.15, 0.2) is 0 Å². The molecule has 7 heteroatoms. The highest BCUT2D eigenvalue weighted by molar-refractivity contribution is 6.39. The molecule has 5 nitrogen and oxygen atoms in total. The molecular weight excluding hydrogens is 333 g/mol. The summed E-state index contributed by atoms with van der Waals surface area (Å²) < 4.78 is 13.5. The first kappa shape index (κ1) is 17.6. The van der Waals surface area contributed by atoms with Gasteiger partial charge in [-0.2, -0.15) is 5.10 Å². The van der Waals surface area contributed by atoms with Crippen molar-refractivity contribution in [3.05, 3.63) is 64.4 Å². The van der Waals surface area contributed by atoms with Crippen LogP contribution in [0.3, 0.4) is 0 Å². The molecule has 124 valence electrons. The van der Waals surface area contributed by atoms with Gasteiger partial charge in [-0.15, -0.1) is 0 Å². The second-order valence-electron chi connectivity index (χ2n) is 4.84. The number of hydrogen-bond donors (Lipinski definition) is 2. The number of hydrazone groups is 1. The molecule has 2 aromatic rings. The van der Waals surface area contributed by atoms with Crippen LogP contribution in [0.25, 0.3) is 0 Å². The zero-order valence-corrected chi connectivity index (χ0v) is 13.6. The maximum absolute atomic E-state index is 13.5. The van der Waals surface area contributed by atoms with E-state index in [-0.39, 0.29) is 10.6 Å². The largest absolute Gasteiger partial charge is 0.329 e. The maximum Gasteiger partial charge on any atom is 0.329 e. The predicted octanol–water partition coefficient (Wildman–Crippen LogP) is 3.13. The summed E-state index contributed by atoms with van der Waals surface area (Å²) >= 11 is 5.82. The van der Waals surface area contributed by atoms with Crippen molar-refractivity contribution in [1.29, 1.82) is 0 Å². The van der Waals surface area contributed by atoms with E-state index in [4.69, 9.17) is 11.6 Å². The zero-order chi connectivity index (χ0) is 17.5. The monoisotopic (exact) mass is 347 g/mol. The first-order chi connectivity index (χ1) is 11.5. The number of amides is 2. The van der Waals surface area contributed by atoms with E-state index in [0.717, 1.165) is 18.2 Å². The Morgan fingerprint density at radius 2 is 1.88 bits per heavy atom. The van der Waals surface area contributed by atoms with Crippen LogP contribution in [0.4, 0.5) is 10.1 Å². The number of anilines is 1. The Morgan fingerprint density at radius 1 is 1.17 bits per heavy atom. The van der Waals surface area contributed by atoms with Crippen LogP contribution in [-0.4, -0.2) is 18.0 Å². The van der Waals surface area contributed by atoms with Gasteiger partial charge in [-0.3, -0.25) is 9.59 Å². The van der Waals surface area contributed by atoms with Crippen molar-refractivity contribution in [2.75, 3.05) is 5.32 Å². The molecule has 0 heterocycles. The first-order valence-electron chi connectivity index (χ1n) is 7.18. The van der Waals surface area contributed by atoms with Gasteiger partial charge in [0, 0.05) is 11.3 Å². The van der Waals surface area contributed by atoms with E-state index in [1.165, 1.54) is 18.2 Å². The third kappa shape index (κ3) is 4.63. The van der Waals surface area contributed by atoms with Crippen LogP contribution in [0.5, 0.6) is 0 Å². The van der Waals surface area contributed by atoms with Crippen LogP contribution < -0.4 is 10.7 Å². The molecule has 2 rings (SSSR count). The van der Waals surface area contributed by atoms with E-state index in [1.807, 2.05) is 24.5 Å². The third-order valence-corrected chi connectivity index (χ3v) is 3.52. The van der Waals surface area contributed by atoms with Crippen LogP contribution in [0.2, 0.25) is 5.02 Å². The molecule has 24 heavy (non-hydrogen) atoms. The van der Waals surface area contributed by atoms with E-state index >= 15 is 0 Å². The van der Waals surface area contributed by atoms with Crippen molar-refractivity contribution in [3.8, 4) is 0 Å². The summed E-state index contributed by atoms with van der Waals surface area (Å²) in [5.74, 6) is -2.43. The highest BCUT2D eigenvalue weighted by Crippen LogP contribution is 2.16. The highest BCUT2D eigenvalue weighted by Gasteiger charge is 2.13. The van der Waals surface area contributed by atoms with Gasteiger partial charge in [-0.1, -0.05) is 36.7 Å². The number of rotatable bonds is 4. The molecular formula is C17H15ClFN3O2. The van der Waals surface area contributed by atoms with E-state index in [0.29, 0.717) is 5.69 Å². The Labute approximate surface area is 143 Å². The minimum Gasteiger partial charge on any atom is -0.318 e. The number of aryl methyl sites for hydroxylation is 1. The number of hydrogen-bond acceptors (Lipinski definition) is 3. The Morgan fingerprint density at radius 3 is 2.50 bits per heavy atom. The third-order valence-electron chi connectivity index (χ3n) is 3.19. The van der Waals surface area contributed by atoms with E-state index in [1.54, 1.807) is 12.1 Å². The minimum atomic E-state index is -0.974. The van der Waals surface area contributed by atoms with Crippen molar-refractivity contribution in [1.82, 2.24) is 5.43 Å². The second kappa shape index (κ2) is 8.21. The lowest BCUT2D eigenvalue weighted by Crippen LogP contribution is -2.32. The van der Waals surface area contributed by atoms with Gasteiger partial charge in [-0.25, -0.2) is 9.82 Å². The predicted molar refractivity (Wildman–Crippen MR) is 91.6 cm³/mol. The topological polar surface area (TPSA) is 70.6 Å². The van der Waals surface area contributed by atoms with Crippen LogP contribution in [-0.2, 0) is 16.0 Å². The maximum atomic E-state index is 13.5. The van der Waals surface area contributed by atoms with E-state index in [2.05, 4.69) is 10.4 Å². The van der Waals surface area contributed by atoms with Gasteiger partial charge in [0.25, 0.3) is 0 Å². The fraction of sp³-hybridized carbons (Fsp3) is 0.118. The molecule has 0 aromatic heterocycles. The Balaban J connectivity index is 1.94. The second-order valence-corrected chi connectivity index (χ2v) is 5.25. The van der Waals surface area contributed by atoms with Gasteiger partial charge in [0.2, 0.25) is 0 Å². The van der Waals surface area contributed by atoms with Gasteiger partial charge in [0.1, 0.15) is 5.82 Å². The molecule has 0 atom stereocenters. The summed E-state index contributed by atoms with van der Waals surface area (Å²) in [7, 11) is 0. The van der Waals surface area contributed by atoms with Crippen LogP contribution in [0.15, 0.2) is 47.6 Å². The fourth-order valence-corrected chi connectivity index (χ4v) is 2.06. The summed E-state index contributed by atoms with van der Waals surface area (Å²) in [6.07, 6.45) is 1.92. The summed E-state index contributed by atoms with van der Waals surface area (Å²) in [6, 6.07) is 11.3. The standard InChI is InChI=1S/C17H15ClFN3O2/c1-2-11-6-8-12(9-7-11)21-16(23)17(24)22-20-10-13-14(18)4-3-5-15(13)19/h3-10H,2H2,1H3,(H,21,23)(H,22,24)/b20-10+. The fourth-order valence-electron chi connectivity index (χ4n) is 1.85. The quantitative estimate of drug-likeness (QED) is 0.507. The summed E-state index contributed by atoms with van der Waals surface area (Å²) in [4.78, 5) is 23.4. The van der Waals surface area contributed by atoms with E-state index in [9.17, 15) is 14.0 Å². The molecule has 0 saturated carbocycles. The molecule has 2 aromatic carbocycles. The lowest BCUT2D eigenvalue weighted by Gasteiger charge is -2.05. The SMILES string of the molecule is CCc1ccc(NC(=O)C(=O)N/N=C/c2c(F)cccc2Cl)cc1. The Kier molecular flexibility index (Phi) is 6.03. The summed E-state index contributed by atoms with van der Waals surface area (Å²) in [5, 5.41) is 6.13. The van der Waals surface area contributed by atoms with Crippen molar-refractivity contribution < 1.29 is 14.0 Å². The van der Waals surface area contributed by atoms with Crippen molar-refractivity contribution in [3.63, 3.8) is 0 Å². The molecule has 0 unspecified atom stereocenters. The molecule has 0 radical (unpaired) electrons. The molecule has 2 amide bonds. The molecule has 0 aliphatic carbocycles. The molecule has 0 aliphatic heterocycles. The van der Waals surface area contributed by atoms with Gasteiger partial charge in [0.05, 0.1) is 11.2 Å². The number of carbonyl (C=O) groups is 2. The van der Waals surface area contributed by atoms with E-state index < -0.39 is 17.6 Å². The number of nitrogens with zero attached hydrogens (tertiary/aromatic N) is 1. The van der Waals surface area contributed by atoms with Crippen molar-refractivity contribution in [2.24, 2.45) is 5.10 Å². The van der Waals surface area contributed by atoms with Crippen LogP contribution in [0, 0.1) is 5.82 Å². The number of halogens is 2. The Hall–Kier alpha value is -2.73. The first-order valence-corrected chi connectivity index (χ1v) is 7.56. The molecule has 0 bridgehead atoms. The normalized spacial score (nSPS) is 10.6.